The van der Waals surface area contributed by atoms with E-state index in [0.29, 0.717) is 5.41 Å². The van der Waals surface area contributed by atoms with Gasteiger partial charge in [-0.05, 0) is 81.5 Å². The predicted molar refractivity (Wildman–Crippen MR) is 83.6 cm³/mol. The van der Waals surface area contributed by atoms with Crippen LogP contribution < -0.4 is 0 Å². The zero-order chi connectivity index (χ0) is 14.6. The van der Waals surface area contributed by atoms with Crippen LogP contribution in [0.25, 0.3) is 0 Å². The number of rotatable bonds is 5. The van der Waals surface area contributed by atoms with Gasteiger partial charge in [-0.15, -0.1) is 0 Å². The van der Waals surface area contributed by atoms with Crippen molar-refractivity contribution in [3.05, 3.63) is 0 Å². The second-order valence-corrected chi connectivity index (χ2v) is 7.35. The van der Waals surface area contributed by atoms with Crippen molar-refractivity contribution in [1.82, 2.24) is 0 Å². The molecule has 20 heavy (non-hydrogen) atoms. The Morgan fingerprint density at radius 1 is 0.750 bits per heavy atom. The first-order chi connectivity index (χ1) is 9.62. The molecule has 118 valence electrons. The molecule has 0 aromatic heterocycles. The van der Waals surface area contributed by atoms with Gasteiger partial charge in [0.05, 0.1) is 12.2 Å². The average molecular weight is 282 g/mol. The second-order valence-electron chi connectivity index (χ2n) is 7.35. The summed E-state index contributed by atoms with van der Waals surface area (Å²) in [6.45, 7) is 4.70. The highest BCUT2D eigenvalue weighted by Crippen LogP contribution is 2.53. The smallest absolute Gasteiger partial charge is 0.0540 e. The summed E-state index contributed by atoms with van der Waals surface area (Å²) in [5.41, 5.74) is 0.481. The molecule has 0 unspecified atom stereocenters. The SMILES string of the molecule is CCCC(CC)(C1CCC(O)CC1)C1CCC(O)CC1. The molecule has 0 aromatic rings. The highest BCUT2D eigenvalue weighted by molar-refractivity contribution is 4.95. The number of aliphatic hydroxyl groups is 2. The third kappa shape index (κ3) is 3.39. The molecule has 2 rings (SSSR count). The zero-order valence-electron chi connectivity index (χ0n) is 13.5. The van der Waals surface area contributed by atoms with Gasteiger partial charge in [-0.25, -0.2) is 0 Å². The normalized spacial score (nSPS) is 38.4. The largest absolute Gasteiger partial charge is 0.393 e. The highest BCUT2D eigenvalue weighted by atomic mass is 16.3. The number of hydrogen-bond acceptors (Lipinski definition) is 2. The van der Waals surface area contributed by atoms with Gasteiger partial charge in [0.15, 0.2) is 0 Å². The van der Waals surface area contributed by atoms with Crippen LogP contribution in [0.5, 0.6) is 0 Å². The van der Waals surface area contributed by atoms with Crippen molar-refractivity contribution < 1.29 is 10.2 Å². The summed E-state index contributed by atoms with van der Waals surface area (Å²) in [7, 11) is 0. The molecule has 2 aliphatic rings. The average Bonchev–Trinajstić information content (AvgIpc) is 2.47. The van der Waals surface area contributed by atoms with Gasteiger partial charge in [0.2, 0.25) is 0 Å². The van der Waals surface area contributed by atoms with Crippen LogP contribution in [0.2, 0.25) is 0 Å². The van der Waals surface area contributed by atoms with E-state index in [-0.39, 0.29) is 12.2 Å². The molecule has 0 aromatic carbocycles. The fourth-order valence-electron chi connectivity index (χ4n) is 5.26. The summed E-state index contributed by atoms with van der Waals surface area (Å²) < 4.78 is 0. The molecule has 2 heteroatoms. The monoisotopic (exact) mass is 282 g/mol. The van der Waals surface area contributed by atoms with Gasteiger partial charge < -0.3 is 10.2 Å². The van der Waals surface area contributed by atoms with Gasteiger partial charge in [-0.3, -0.25) is 0 Å². The van der Waals surface area contributed by atoms with E-state index in [1.54, 1.807) is 0 Å². The second kappa shape index (κ2) is 7.26. The minimum atomic E-state index is -0.0457. The van der Waals surface area contributed by atoms with Crippen molar-refractivity contribution in [3.63, 3.8) is 0 Å². The van der Waals surface area contributed by atoms with E-state index < -0.39 is 0 Å². The van der Waals surface area contributed by atoms with E-state index in [2.05, 4.69) is 13.8 Å². The Bertz CT molecular complexity index is 251. The summed E-state index contributed by atoms with van der Waals surface area (Å²) >= 11 is 0. The summed E-state index contributed by atoms with van der Waals surface area (Å²) in [5, 5.41) is 19.6. The van der Waals surface area contributed by atoms with Crippen molar-refractivity contribution in [1.29, 1.82) is 0 Å². The van der Waals surface area contributed by atoms with Gasteiger partial charge in [0, 0.05) is 0 Å². The van der Waals surface area contributed by atoms with E-state index in [1.807, 2.05) is 0 Å². The Labute approximate surface area is 125 Å². The van der Waals surface area contributed by atoms with Crippen LogP contribution >= 0.6 is 0 Å². The fourth-order valence-corrected chi connectivity index (χ4v) is 5.26. The van der Waals surface area contributed by atoms with E-state index in [4.69, 9.17) is 0 Å². The quantitative estimate of drug-likeness (QED) is 0.790. The van der Waals surface area contributed by atoms with Crippen molar-refractivity contribution >= 4 is 0 Å². The Morgan fingerprint density at radius 2 is 1.15 bits per heavy atom. The Kier molecular flexibility index (Phi) is 5.92. The van der Waals surface area contributed by atoms with Crippen LogP contribution in [0.4, 0.5) is 0 Å². The topological polar surface area (TPSA) is 40.5 Å². The molecule has 0 atom stereocenters. The van der Waals surface area contributed by atoms with E-state index in [0.717, 1.165) is 37.5 Å². The lowest BCUT2D eigenvalue weighted by Gasteiger charge is -2.50. The third-order valence-electron chi connectivity index (χ3n) is 6.39. The highest BCUT2D eigenvalue weighted by Gasteiger charge is 2.44. The lowest BCUT2D eigenvalue weighted by molar-refractivity contribution is -0.0295. The molecule has 2 fully saturated rings. The van der Waals surface area contributed by atoms with Crippen LogP contribution in [0, 0.1) is 17.3 Å². The lowest BCUT2D eigenvalue weighted by Crippen LogP contribution is -2.42. The van der Waals surface area contributed by atoms with Crippen molar-refractivity contribution in [2.45, 2.75) is 96.7 Å². The Balaban J connectivity index is 2.11. The first kappa shape index (κ1) is 16.3. The van der Waals surface area contributed by atoms with Crippen molar-refractivity contribution in [2.24, 2.45) is 17.3 Å². The maximum absolute atomic E-state index is 9.81. The minimum absolute atomic E-state index is 0.0457. The molecular formula is C18H34O2. The molecule has 2 nitrogen and oxygen atoms in total. The summed E-state index contributed by atoms with van der Waals surface area (Å²) in [6.07, 6.45) is 12.7. The van der Waals surface area contributed by atoms with Crippen LogP contribution in [0.15, 0.2) is 0 Å². The molecule has 0 saturated heterocycles. The van der Waals surface area contributed by atoms with Crippen LogP contribution in [0.3, 0.4) is 0 Å². The fraction of sp³-hybridized carbons (Fsp3) is 1.00. The predicted octanol–water partition coefficient (Wildman–Crippen LogP) is 4.29. The molecule has 0 bridgehead atoms. The standard InChI is InChI=1S/C18H34O2/c1-3-13-18(4-2,14-5-9-16(19)10-6-14)15-7-11-17(20)12-8-15/h14-17,19-20H,3-13H2,1-2H3. The van der Waals surface area contributed by atoms with Gasteiger partial charge in [-0.1, -0.05) is 20.3 Å². The number of aliphatic hydroxyl groups excluding tert-OH is 2. The molecule has 2 aliphatic carbocycles. The summed E-state index contributed by atoms with van der Waals surface area (Å²) in [5.74, 6) is 1.60. The number of hydrogen-bond donors (Lipinski definition) is 2. The van der Waals surface area contributed by atoms with Gasteiger partial charge >= 0.3 is 0 Å². The molecule has 0 spiro atoms. The van der Waals surface area contributed by atoms with Crippen LogP contribution in [-0.4, -0.2) is 22.4 Å². The molecule has 2 saturated carbocycles. The maximum Gasteiger partial charge on any atom is 0.0540 e. The third-order valence-corrected chi connectivity index (χ3v) is 6.39. The van der Waals surface area contributed by atoms with Crippen molar-refractivity contribution in [2.75, 3.05) is 0 Å². The Hall–Kier alpha value is -0.0800. The molecule has 0 aliphatic heterocycles. The van der Waals surface area contributed by atoms with E-state index in [1.165, 1.54) is 44.9 Å². The first-order valence-electron chi connectivity index (χ1n) is 8.98. The van der Waals surface area contributed by atoms with Gasteiger partial charge in [-0.2, -0.15) is 0 Å². The molecular weight excluding hydrogens is 248 g/mol. The van der Waals surface area contributed by atoms with Crippen molar-refractivity contribution in [3.8, 4) is 0 Å². The first-order valence-corrected chi connectivity index (χ1v) is 8.98. The molecule has 2 N–H and O–H groups in total. The van der Waals surface area contributed by atoms with E-state index in [9.17, 15) is 10.2 Å². The summed E-state index contributed by atoms with van der Waals surface area (Å²) in [6, 6.07) is 0. The molecule has 0 radical (unpaired) electrons. The molecule has 0 amide bonds. The summed E-state index contributed by atoms with van der Waals surface area (Å²) in [4.78, 5) is 0. The van der Waals surface area contributed by atoms with Gasteiger partial charge in [0.25, 0.3) is 0 Å². The maximum atomic E-state index is 9.81. The van der Waals surface area contributed by atoms with E-state index >= 15 is 0 Å². The lowest BCUT2D eigenvalue weighted by atomic mass is 9.55. The Morgan fingerprint density at radius 3 is 1.45 bits per heavy atom. The minimum Gasteiger partial charge on any atom is -0.393 e. The van der Waals surface area contributed by atoms with Gasteiger partial charge in [0.1, 0.15) is 0 Å². The van der Waals surface area contributed by atoms with Crippen LogP contribution in [0.1, 0.15) is 84.5 Å². The molecule has 0 heterocycles. The zero-order valence-corrected chi connectivity index (χ0v) is 13.5. The van der Waals surface area contributed by atoms with Crippen LogP contribution in [-0.2, 0) is 0 Å².